The van der Waals surface area contributed by atoms with Crippen molar-refractivity contribution in [3.05, 3.63) is 52.2 Å². The van der Waals surface area contributed by atoms with Crippen molar-refractivity contribution in [1.29, 1.82) is 0 Å². The first-order valence-corrected chi connectivity index (χ1v) is 8.13. The van der Waals surface area contributed by atoms with Crippen LogP contribution in [0.4, 0.5) is 10.5 Å². The van der Waals surface area contributed by atoms with Crippen LogP contribution in [0.15, 0.2) is 41.8 Å². The van der Waals surface area contributed by atoms with Gasteiger partial charge in [0.1, 0.15) is 5.60 Å². The lowest BCUT2D eigenvalue weighted by Crippen LogP contribution is -2.32. The third kappa shape index (κ3) is 5.41. The summed E-state index contributed by atoms with van der Waals surface area (Å²) in [6.07, 6.45) is -0.402. The molecule has 0 aliphatic rings. The third-order valence-electron chi connectivity index (χ3n) is 2.87. The Morgan fingerprint density at radius 3 is 2.59 bits per heavy atom. The molecular weight excluding hydrogens is 296 g/mol. The van der Waals surface area contributed by atoms with Gasteiger partial charge < -0.3 is 15.4 Å². The van der Waals surface area contributed by atoms with Crippen molar-refractivity contribution >= 4 is 23.1 Å². The minimum absolute atomic E-state index is 0.402. The van der Waals surface area contributed by atoms with Crippen LogP contribution >= 0.6 is 11.3 Å². The summed E-state index contributed by atoms with van der Waals surface area (Å²) in [5, 5.41) is 8.26. The van der Waals surface area contributed by atoms with Gasteiger partial charge in [0.25, 0.3) is 0 Å². The van der Waals surface area contributed by atoms with Gasteiger partial charge in [-0.05, 0) is 43.8 Å². The number of anilines is 1. The van der Waals surface area contributed by atoms with Crippen molar-refractivity contribution in [2.45, 2.75) is 39.5 Å². The Hall–Kier alpha value is -2.01. The Labute approximate surface area is 135 Å². The van der Waals surface area contributed by atoms with E-state index in [2.05, 4.69) is 22.1 Å². The van der Waals surface area contributed by atoms with Gasteiger partial charge in [0.05, 0.1) is 0 Å². The highest BCUT2D eigenvalue weighted by Gasteiger charge is 2.16. The van der Waals surface area contributed by atoms with Gasteiger partial charge in [0.15, 0.2) is 0 Å². The van der Waals surface area contributed by atoms with Crippen LogP contribution in [0.5, 0.6) is 0 Å². The average Bonchev–Trinajstić information content (AvgIpc) is 2.95. The van der Waals surface area contributed by atoms with Crippen LogP contribution in [0.3, 0.4) is 0 Å². The minimum atomic E-state index is -0.485. The van der Waals surface area contributed by atoms with Crippen LogP contribution in [0, 0.1) is 0 Å². The zero-order valence-electron chi connectivity index (χ0n) is 13.2. The molecule has 0 spiro atoms. The molecule has 5 heteroatoms. The summed E-state index contributed by atoms with van der Waals surface area (Å²) in [5.74, 6) is 0. The second-order valence-electron chi connectivity index (χ2n) is 5.95. The van der Waals surface area contributed by atoms with E-state index in [1.54, 1.807) is 11.3 Å². The van der Waals surface area contributed by atoms with Gasteiger partial charge in [-0.15, -0.1) is 11.3 Å². The number of rotatable bonds is 5. The largest absolute Gasteiger partial charge is 0.444 e. The number of hydrogen-bond acceptors (Lipinski definition) is 4. The number of benzene rings is 1. The molecule has 118 valence electrons. The Bertz CT molecular complexity index is 603. The second kappa shape index (κ2) is 7.31. The molecule has 0 radical (unpaired) electrons. The molecule has 2 rings (SSSR count). The van der Waals surface area contributed by atoms with Crippen LogP contribution in [0.1, 0.15) is 31.2 Å². The van der Waals surface area contributed by atoms with E-state index in [1.165, 1.54) is 4.88 Å². The van der Waals surface area contributed by atoms with E-state index < -0.39 is 11.7 Å². The quantitative estimate of drug-likeness (QED) is 0.860. The Kier molecular flexibility index (Phi) is 5.44. The second-order valence-corrected chi connectivity index (χ2v) is 6.98. The molecule has 22 heavy (non-hydrogen) atoms. The zero-order chi connectivity index (χ0) is 16.0. The summed E-state index contributed by atoms with van der Waals surface area (Å²) in [4.78, 5) is 13.0. The SMILES string of the molecule is CC(C)(C)OC(=O)NCc1ccccc1NCc1cccs1. The molecule has 1 aromatic heterocycles. The van der Waals surface area contributed by atoms with Crippen molar-refractivity contribution in [3.63, 3.8) is 0 Å². The lowest BCUT2D eigenvalue weighted by molar-refractivity contribution is 0.0523. The van der Waals surface area contributed by atoms with E-state index in [0.717, 1.165) is 17.8 Å². The first kappa shape index (κ1) is 16.4. The molecule has 4 nitrogen and oxygen atoms in total. The molecule has 1 amide bonds. The summed E-state index contributed by atoms with van der Waals surface area (Å²) in [5.41, 5.74) is 1.57. The lowest BCUT2D eigenvalue weighted by Gasteiger charge is -2.20. The minimum Gasteiger partial charge on any atom is -0.444 e. The molecule has 0 aliphatic heterocycles. The Morgan fingerprint density at radius 1 is 1.14 bits per heavy atom. The summed E-state index contributed by atoms with van der Waals surface area (Å²) in [6, 6.07) is 12.1. The zero-order valence-corrected chi connectivity index (χ0v) is 14.0. The van der Waals surface area contributed by atoms with Crippen molar-refractivity contribution in [1.82, 2.24) is 5.32 Å². The smallest absolute Gasteiger partial charge is 0.407 e. The first-order chi connectivity index (χ1) is 10.4. The van der Waals surface area contributed by atoms with Crippen LogP contribution in [-0.2, 0) is 17.8 Å². The molecule has 2 aromatic rings. The highest BCUT2D eigenvalue weighted by Crippen LogP contribution is 2.18. The van der Waals surface area contributed by atoms with Gasteiger partial charge in [-0.3, -0.25) is 0 Å². The van der Waals surface area contributed by atoms with E-state index in [-0.39, 0.29) is 0 Å². The average molecular weight is 318 g/mol. The van der Waals surface area contributed by atoms with E-state index in [4.69, 9.17) is 4.74 Å². The highest BCUT2D eigenvalue weighted by atomic mass is 32.1. The molecule has 2 N–H and O–H groups in total. The van der Waals surface area contributed by atoms with Gasteiger partial charge >= 0.3 is 6.09 Å². The van der Waals surface area contributed by atoms with E-state index in [1.807, 2.05) is 51.1 Å². The van der Waals surface area contributed by atoms with E-state index in [9.17, 15) is 4.79 Å². The van der Waals surface area contributed by atoms with Gasteiger partial charge in [-0.25, -0.2) is 4.79 Å². The topological polar surface area (TPSA) is 50.4 Å². The normalized spacial score (nSPS) is 11.0. The monoisotopic (exact) mass is 318 g/mol. The van der Waals surface area contributed by atoms with Crippen molar-refractivity contribution in [2.75, 3.05) is 5.32 Å². The maximum Gasteiger partial charge on any atom is 0.407 e. The number of nitrogens with one attached hydrogen (secondary N) is 2. The van der Waals surface area contributed by atoms with Crippen LogP contribution < -0.4 is 10.6 Å². The predicted octanol–water partition coefficient (Wildman–Crippen LogP) is 4.38. The number of hydrogen-bond donors (Lipinski definition) is 2. The fourth-order valence-electron chi connectivity index (χ4n) is 1.92. The lowest BCUT2D eigenvalue weighted by atomic mass is 10.1. The maximum atomic E-state index is 11.7. The van der Waals surface area contributed by atoms with Gasteiger partial charge in [-0.1, -0.05) is 24.3 Å². The summed E-state index contributed by atoms with van der Waals surface area (Å²) < 4.78 is 5.25. The number of carbonyl (C=O) groups excluding carboxylic acids is 1. The van der Waals surface area contributed by atoms with Gasteiger partial charge in [-0.2, -0.15) is 0 Å². The summed E-state index contributed by atoms with van der Waals surface area (Å²) >= 11 is 1.72. The predicted molar refractivity (Wildman–Crippen MR) is 91.2 cm³/mol. The van der Waals surface area contributed by atoms with Crippen molar-refractivity contribution < 1.29 is 9.53 Å². The molecule has 0 fully saturated rings. The molecule has 0 bridgehead atoms. The van der Waals surface area contributed by atoms with Gasteiger partial charge in [0.2, 0.25) is 0 Å². The highest BCUT2D eigenvalue weighted by molar-refractivity contribution is 7.09. The molecular formula is C17H22N2O2S. The third-order valence-corrected chi connectivity index (χ3v) is 3.75. The number of para-hydroxylation sites is 1. The Morgan fingerprint density at radius 2 is 1.91 bits per heavy atom. The number of ether oxygens (including phenoxy) is 1. The summed E-state index contributed by atoms with van der Waals surface area (Å²) in [6.45, 7) is 6.76. The van der Waals surface area contributed by atoms with Gasteiger partial charge in [0, 0.05) is 23.7 Å². The molecule has 1 heterocycles. The standard InChI is InChI=1S/C17H22N2O2S/c1-17(2,3)21-16(20)19-11-13-7-4-5-9-15(13)18-12-14-8-6-10-22-14/h4-10,18H,11-12H2,1-3H3,(H,19,20). The van der Waals surface area contributed by atoms with E-state index in [0.29, 0.717) is 6.54 Å². The number of alkyl carbamates (subject to hydrolysis) is 1. The molecule has 0 unspecified atom stereocenters. The van der Waals surface area contributed by atoms with Crippen LogP contribution in [0.25, 0.3) is 0 Å². The molecule has 0 atom stereocenters. The fourth-order valence-corrected chi connectivity index (χ4v) is 2.57. The van der Waals surface area contributed by atoms with Crippen LogP contribution in [-0.4, -0.2) is 11.7 Å². The van der Waals surface area contributed by atoms with E-state index >= 15 is 0 Å². The molecule has 0 saturated heterocycles. The number of thiophene rings is 1. The molecule has 1 aromatic carbocycles. The summed E-state index contributed by atoms with van der Waals surface area (Å²) in [7, 11) is 0. The van der Waals surface area contributed by atoms with Crippen LogP contribution in [0.2, 0.25) is 0 Å². The Balaban J connectivity index is 1.92. The number of amides is 1. The first-order valence-electron chi connectivity index (χ1n) is 7.25. The molecule has 0 aliphatic carbocycles. The maximum absolute atomic E-state index is 11.7. The number of carbonyl (C=O) groups is 1. The van der Waals surface area contributed by atoms with Crippen molar-refractivity contribution in [2.24, 2.45) is 0 Å². The van der Waals surface area contributed by atoms with Crippen molar-refractivity contribution in [3.8, 4) is 0 Å². The fraction of sp³-hybridized carbons (Fsp3) is 0.353. The molecule has 0 saturated carbocycles.